The maximum absolute atomic E-state index is 14.2. The van der Waals surface area contributed by atoms with Crippen LogP contribution in [-0.2, 0) is 31.1 Å². The summed E-state index contributed by atoms with van der Waals surface area (Å²) in [5.74, 6) is -1.87. The molecule has 3 amide bonds. The van der Waals surface area contributed by atoms with Gasteiger partial charge in [-0.2, -0.15) is 0 Å². The second-order valence-electron chi connectivity index (χ2n) is 9.09. The van der Waals surface area contributed by atoms with Gasteiger partial charge in [0.1, 0.15) is 11.6 Å². The van der Waals surface area contributed by atoms with Gasteiger partial charge in [0.05, 0.1) is 12.0 Å². The highest BCUT2D eigenvalue weighted by Gasteiger charge is 2.54. The lowest BCUT2D eigenvalue weighted by Crippen LogP contribution is -2.47. The molecule has 2 aromatic rings. The zero-order valence-electron chi connectivity index (χ0n) is 19.2. The van der Waals surface area contributed by atoms with Gasteiger partial charge in [-0.25, -0.2) is 4.39 Å². The Morgan fingerprint density at radius 2 is 2.03 bits per heavy atom. The molecular weight excluding hydrogens is 437 g/mol. The molecule has 3 heterocycles. The molecule has 2 atom stereocenters. The molecule has 0 bridgehead atoms. The number of Topliss-reactive ketones (excluding diaryl/α,β-unsaturated/α-hetero) is 1. The van der Waals surface area contributed by atoms with E-state index in [-0.39, 0.29) is 37.0 Å². The van der Waals surface area contributed by atoms with Crippen molar-refractivity contribution in [2.45, 2.75) is 51.0 Å². The van der Waals surface area contributed by atoms with Crippen molar-refractivity contribution in [2.75, 3.05) is 13.1 Å². The molecule has 0 radical (unpaired) electrons. The Hall–Kier alpha value is -3.42. The molecule has 0 unspecified atom stereocenters. The Balaban J connectivity index is 1.64. The Labute approximate surface area is 198 Å². The van der Waals surface area contributed by atoms with Crippen molar-refractivity contribution in [2.24, 2.45) is 5.92 Å². The zero-order valence-corrected chi connectivity index (χ0v) is 19.2. The summed E-state index contributed by atoms with van der Waals surface area (Å²) in [6, 6.07) is 9.04. The molecule has 0 spiro atoms. The van der Waals surface area contributed by atoms with Crippen molar-refractivity contribution in [3.63, 3.8) is 0 Å². The number of ketones is 1. The highest BCUT2D eigenvalue weighted by atomic mass is 19.1. The van der Waals surface area contributed by atoms with Crippen molar-refractivity contribution < 1.29 is 23.6 Å². The molecule has 0 saturated carbocycles. The molecule has 178 valence electrons. The van der Waals surface area contributed by atoms with Gasteiger partial charge in [-0.1, -0.05) is 25.1 Å². The average Bonchev–Trinajstić information content (AvgIpc) is 3.09. The lowest BCUT2D eigenvalue weighted by Gasteiger charge is -2.35. The summed E-state index contributed by atoms with van der Waals surface area (Å²) in [7, 11) is 0. The number of carbonyl (C=O) groups excluding carboxylic acids is 4. The van der Waals surface area contributed by atoms with Crippen molar-refractivity contribution in [1.82, 2.24) is 14.8 Å². The fraction of sp³-hybridized carbons (Fsp3) is 0.423. The van der Waals surface area contributed by atoms with E-state index in [0.29, 0.717) is 37.1 Å². The molecule has 2 aliphatic heterocycles. The van der Waals surface area contributed by atoms with Crippen molar-refractivity contribution in [1.29, 1.82) is 0 Å². The van der Waals surface area contributed by atoms with Gasteiger partial charge in [0.15, 0.2) is 0 Å². The van der Waals surface area contributed by atoms with Crippen LogP contribution in [0.5, 0.6) is 0 Å². The van der Waals surface area contributed by atoms with E-state index in [9.17, 15) is 23.6 Å². The van der Waals surface area contributed by atoms with Crippen LogP contribution in [0, 0.1) is 11.7 Å². The molecule has 7 nitrogen and oxygen atoms in total. The number of likely N-dealkylation sites (tertiary alicyclic amines) is 2. The van der Waals surface area contributed by atoms with E-state index in [1.54, 1.807) is 35.5 Å². The van der Waals surface area contributed by atoms with Crippen LogP contribution in [0.3, 0.4) is 0 Å². The van der Waals surface area contributed by atoms with E-state index in [0.717, 1.165) is 11.3 Å². The van der Waals surface area contributed by atoms with E-state index in [1.807, 2.05) is 6.92 Å². The molecule has 1 aromatic carbocycles. The first-order chi connectivity index (χ1) is 16.3. The quantitative estimate of drug-likeness (QED) is 0.587. The smallest absolute Gasteiger partial charge is 0.241 e. The summed E-state index contributed by atoms with van der Waals surface area (Å²) in [4.78, 5) is 59.2. The van der Waals surface area contributed by atoms with Crippen molar-refractivity contribution in [3.05, 3.63) is 65.7 Å². The number of halogens is 1. The maximum atomic E-state index is 14.2. The summed E-state index contributed by atoms with van der Waals surface area (Å²) in [6.45, 7) is 2.65. The average molecular weight is 466 g/mol. The monoisotopic (exact) mass is 465 g/mol. The summed E-state index contributed by atoms with van der Waals surface area (Å²) in [5.41, 5.74) is -0.492. The number of benzene rings is 1. The van der Waals surface area contributed by atoms with Gasteiger partial charge < -0.3 is 4.90 Å². The van der Waals surface area contributed by atoms with Crippen molar-refractivity contribution in [3.8, 4) is 0 Å². The number of pyridine rings is 1. The number of aromatic nitrogens is 1. The molecular formula is C26H28FN3O4. The van der Waals surface area contributed by atoms with Crippen molar-refractivity contribution >= 4 is 23.5 Å². The number of nitrogens with zero attached hydrogens (tertiary/aromatic N) is 3. The fourth-order valence-electron chi connectivity index (χ4n) is 5.01. The predicted octanol–water partition coefficient (Wildman–Crippen LogP) is 3.03. The third kappa shape index (κ3) is 4.62. The second-order valence-corrected chi connectivity index (χ2v) is 9.09. The minimum absolute atomic E-state index is 0.0353. The number of carbonyl (C=O) groups is 4. The van der Waals surface area contributed by atoms with Crippen LogP contribution in [0.4, 0.5) is 4.39 Å². The standard InChI is InChI=1S/C26H28FN3O4/c1-2-22(31)19-7-5-11-29(17-19)23(32)13-26(20-8-3-9-21(27)12-20)14-24(33)30(25(26)34)16-18-6-4-10-28-15-18/h3-4,6,8-10,12,15,19H,2,5,7,11,13-14,16-17H2,1H3/t19-,26+/m0/s1. The van der Waals surface area contributed by atoms with E-state index in [4.69, 9.17) is 0 Å². The summed E-state index contributed by atoms with van der Waals surface area (Å²) < 4.78 is 14.2. The zero-order chi connectivity index (χ0) is 24.3. The highest BCUT2D eigenvalue weighted by molar-refractivity contribution is 6.10. The van der Waals surface area contributed by atoms with Crippen LogP contribution in [0.2, 0.25) is 0 Å². The SMILES string of the molecule is CCC(=O)[C@H]1CCCN(C(=O)C[C@]2(c3cccc(F)c3)CC(=O)N(Cc3cccnc3)C2=O)C1. The third-order valence-electron chi connectivity index (χ3n) is 6.88. The fourth-order valence-corrected chi connectivity index (χ4v) is 5.01. The minimum Gasteiger partial charge on any atom is -0.342 e. The largest absolute Gasteiger partial charge is 0.342 e. The molecule has 8 heteroatoms. The molecule has 1 aromatic heterocycles. The molecule has 0 aliphatic carbocycles. The number of imide groups is 1. The van der Waals surface area contributed by atoms with Crippen LogP contribution in [0.25, 0.3) is 0 Å². The van der Waals surface area contributed by atoms with Crippen LogP contribution < -0.4 is 0 Å². The van der Waals surface area contributed by atoms with Crippen LogP contribution in [0.1, 0.15) is 50.2 Å². The Morgan fingerprint density at radius 1 is 1.21 bits per heavy atom. The van der Waals surface area contributed by atoms with Gasteiger partial charge in [-0.05, 0) is 42.2 Å². The molecule has 4 rings (SSSR count). The first-order valence-corrected chi connectivity index (χ1v) is 11.6. The first-order valence-electron chi connectivity index (χ1n) is 11.6. The predicted molar refractivity (Wildman–Crippen MR) is 122 cm³/mol. The number of hydrogen-bond acceptors (Lipinski definition) is 5. The number of amides is 3. The van der Waals surface area contributed by atoms with Gasteiger partial charge in [-0.15, -0.1) is 0 Å². The summed E-state index contributed by atoms with van der Waals surface area (Å²) in [6.07, 6.45) is 4.56. The topological polar surface area (TPSA) is 87.7 Å². The van der Waals surface area contributed by atoms with Crippen LogP contribution in [0.15, 0.2) is 48.8 Å². The van der Waals surface area contributed by atoms with Gasteiger partial charge >= 0.3 is 0 Å². The van der Waals surface area contributed by atoms with Crippen LogP contribution >= 0.6 is 0 Å². The molecule has 2 aliphatic rings. The number of piperidine rings is 1. The Morgan fingerprint density at radius 3 is 2.74 bits per heavy atom. The van der Waals surface area contributed by atoms with E-state index in [2.05, 4.69) is 4.98 Å². The van der Waals surface area contributed by atoms with Gasteiger partial charge in [0.2, 0.25) is 17.7 Å². The van der Waals surface area contributed by atoms with E-state index in [1.165, 1.54) is 18.2 Å². The molecule has 0 N–H and O–H groups in total. The normalized spacial score (nSPS) is 22.8. The maximum Gasteiger partial charge on any atom is 0.241 e. The van der Waals surface area contributed by atoms with Crippen LogP contribution in [-0.4, -0.2) is 51.4 Å². The lowest BCUT2D eigenvalue weighted by molar-refractivity contribution is -0.144. The summed E-state index contributed by atoms with van der Waals surface area (Å²) >= 11 is 0. The summed E-state index contributed by atoms with van der Waals surface area (Å²) in [5, 5.41) is 0. The van der Waals surface area contributed by atoms with E-state index >= 15 is 0 Å². The second kappa shape index (κ2) is 9.83. The lowest BCUT2D eigenvalue weighted by atomic mass is 9.75. The van der Waals surface area contributed by atoms with E-state index < -0.39 is 23.0 Å². The van der Waals surface area contributed by atoms with Gasteiger partial charge in [0.25, 0.3) is 0 Å². The first kappa shape index (κ1) is 23.7. The highest BCUT2D eigenvalue weighted by Crippen LogP contribution is 2.41. The Bertz CT molecular complexity index is 1110. The minimum atomic E-state index is -1.49. The third-order valence-corrected chi connectivity index (χ3v) is 6.88. The van der Waals surface area contributed by atoms with Gasteiger partial charge in [-0.3, -0.25) is 29.1 Å². The number of hydrogen-bond donors (Lipinski definition) is 0. The molecule has 2 fully saturated rings. The number of rotatable bonds is 7. The van der Waals surface area contributed by atoms with Gasteiger partial charge in [0, 0.05) is 50.7 Å². The Kier molecular flexibility index (Phi) is 6.86. The molecule has 34 heavy (non-hydrogen) atoms. The molecule has 2 saturated heterocycles.